The van der Waals surface area contributed by atoms with Gasteiger partial charge < -0.3 is 30.2 Å². The molecule has 0 fully saturated rings. The van der Waals surface area contributed by atoms with E-state index < -0.39 is 35.8 Å². The maximum absolute atomic E-state index is 13.0. The van der Waals surface area contributed by atoms with Crippen LogP contribution in [0.5, 0.6) is 0 Å². The number of rotatable bonds is 15. The van der Waals surface area contributed by atoms with Crippen molar-refractivity contribution in [2.45, 2.75) is 51.0 Å². The minimum absolute atomic E-state index is 0.00250. The number of fused-ring (bicyclic) bond motifs is 1. The number of hydrogen-bond donors (Lipinski definition) is 4. The molecule has 5 N–H and O–H groups in total. The summed E-state index contributed by atoms with van der Waals surface area (Å²) in [7, 11) is 3.57. The minimum Gasteiger partial charge on any atom is -0.469 e. The Morgan fingerprint density at radius 1 is 0.930 bits per heavy atom. The van der Waals surface area contributed by atoms with Crippen molar-refractivity contribution in [2.75, 3.05) is 27.1 Å². The predicted molar refractivity (Wildman–Crippen MR) is 154 cm³/mol. The van der Waals surface area contributed by atoms with Crippen molar-refractivity contribution in [3.63, 3.8) is 0 Å². The molecule has 3 rings (SSSR count). The Bertz CT molecular complexity index is 1530. The van der Waals surface area contributed by atoms with Crippen molar-refractivity contribution in [3.8, 4) is 0 Å². The van der Waals surface area contributed by atoms with Gasteiger partial charge in [-0.05, 0) is 36.8 Å². The fourth-order valence-electron chi connectivity index (χ4n) is 4.59. The van der Waals surface area contributed by atoms with Crippen LogP contribution < -0.4 is 16.6 Å². The highest BCUT2D eigenvalue weighted by Gasteiger charge is 2.27. The van der Waals surface area contributed by atoms with Gasteiger partial charge in [-0.15, -0.1) is 0 Å². The van der Waals surface area contributed by atoms with Gasteiger partial charge in [-0.2, -0.15) is 4.98 Å². The number of esters is 3. The normalized spacial score (nSPS) is 12.3. The molecular formula is C29H35N5O9. The number of aromatic nitrogens is 3. The van der Waals surface area contributed by atoms with Gasteiger partial charge in [0.1, 0.15) is 11.7 Å². The summed E-state index contributed by atoms with van der Waals surface area (Å²) in [6.07, 6.45) is 2.38. The first-order chi connectivity index (χ1) is 20.6. The van der Waals surface area contributed by atoms with Gasteiger partial charge in [-0.25, -0.2) is 4.79 Å². The molecule has 14 heteroatoms. The number of ether oxygens (including phenoxy) is 3. The molecule has 1 aromatic carbocycles. The molecule has 0 radical (unpaired) electrons. The van der Waals surface area contributed by atoms with Gasteiger partial charge in [-0.1, -0.05) is 24.3 Å². The van der Waals surface area contributed by atoms with Crippen molar-refractivity contribution in [2.24, 2.45) is 5.92 Å². The Labute approximate surface area is 246 Å². The minimum atomic E-state index is -1.07. The standard InChI is InChI=1S/C29H35N5O9/c1-41-23(37)13-11-20(28(40)43-3)32-22(36)12-10-18(27(39)42-2)14-21(35)17-7-4-16(5-8-17)6-9-19-15-31-25-24(19)26(38)34-29(30)33-25/h4-5,7-8,15,18,20H,6,9-14H2,1-3H3,(H,32,36)(H4,30,31,33,34,38)/t18-,20+/m1/s1. The second-order valence-electron chi connectivity index (χ2n) is 9.83. The molecule has 0 unspecified atom stereocenters. The summed E-state index contributed by atoms with van der Waals surface area (Å²) in [4.78, 5) is 83.2. The van der Waals surface area contributed by atoms with Crippen LogP contribution in [0.25, 0.3) is 11.0 Å². The Kier molecular flexibility index (Phi) is 11.6. The first kappa shape index (κ1) is 32.5. The lowest BCUT2D eigenvalue weighted by atomic mass is 9.93. The van der Waals surface area contributed by atoms with E-state index in [0.717, 1.165) is 18.2 Å². The molecule has 43 heavy (non-hydrogen) atoms. The molecule has 3 aromatic rings. The number of amides is 1. The van der Waals surface area contributed by atoms with Gasteiger partial charge in [0.2, 0.25) is 11.9 Å². The summed E-state index contributed by atoms with van der Waals surface area (Å²) in [6.45, 7) is 0. The molecule has 14 nitrogen and oxygen atoms in total. The van der Waals surface area contributed by atoms with E-state index in [0.29, 0.717) is 29.4 Å². The summed E-state index contributed by atoms with van der Waals surface area (Å²) in [5.74, 6) is -3.63. The van der Waals surface area contributed by atoms with E-state index in [-0.39, 0.29) is 49.4 Å². The van der Waals surface area contributed by atoms with Crippen LogP contribution in [-0.4, -0.2) is 71.9 Å². The number of hydrogen-bond acceptors (Lipinski definition) is 11. The SMILES string of the molecule is COC(=O)CC[C@H](NC(=O)CC[C@H](CC(=O)c1ccc(CCc2c[nH]c3nc(N)[nH]c(=O)c23)cc1)C(=O)OC)C(=O)OC. The number of ketones is 1. The number of aryl methyl sites for hydroxylation is 2. The quantitative estimate of drug-likeness (QED) is 0.112. The van der Waals surface area contributed by atoms with Crippen LogP contribution in [0.1, 0.15) is 53.6 Å². The van der Waals surface area contributed by atoms with Crippen molar-refractivity contribution < 1.29 is 38.2 Å². The number of nitrogens with one attached hydrogen (secondary N) is 3. The molecule has 0 aliphatic heterocycles. The summed E-state index contributed by atoms with van der Waals surface area (Å²) in [6, 6.07) is 5.84. The number of nitrogens with two attached hydrogens (primary N) is 1. The molecule has 0 spiro atoms. The average Bonchev–Trinajstić information content (AvgIpc) is 3.42. The second kappa shape index (κ2) is 15.3. The molecule has 230 valence electrons. The molecule has 0 aliphatic rings. The lowest BCUT2D eigenvalue weighted by Gasteiger charge is -2.17. The van der Waals surface area contributed by atoms with E-state index in [9.17, 15) is 28.8 Å². The largest absolute Gasteiger partial charge is 0.469 e. The zero-order valence-corrected chi connectivity index (χ0v) is 24.2. The Morgan fingerprint density at radius 2 is 1.63 bits per heavy atom. The third kappa shape index (κ3) is 8.99. The Balaban J connectivity index is 1.57. The van der Waals surface area contributed by atoms with E-state index in [1.165, 1.54) is 14.2 Å². The maximum Gasteiger partial charge on any atom is 0.328 e. The van der Waals surface area contributed by atoms with Crippen LogP contribution in [0.15, 0.2) is 35.3 Å². The van der Waals surface area contributed by atoms with Crippen LogP contribution in [0, 0.1) is 5.92 Å². The Morgan fingerprint density at radius 3 is 2.28 bits per heavy atom. The van der Waals surface area contributed by atoms with Crippen molar-refractivity contribution in [3.05, 3.63) is 57.5 Å². The number of aromatic amines is 2. The number of Topliss-reactive ketones (excluding diaryl/α,β-unsaturated/α-hetero) is 1. The number of nitrogens with zero attached hydrogens (tertiary/aromatic N) is 1. The Hall–Kier alpha value is -5.01. The highest BCUT2D eigenvalue weighted by Crippen LogP contribution is 2.20. The van der Waals surface area contributed by atoms with E-state index in [2.05, 4.69) is 29.7 Å². The van der Waals surface area contributed by atoms with Crippen LogP contribution in [0.2, 0.25) is 0 Å². The van der Waals surface area contributed by atoms with Crippen molar-refractivity contribution in [1.82, 2.24) is 20.3 Å². The monoisotopic (exact) mass is 597 g/mol. The summed E-state index contributed by atoms with van der Waals surface area (Å²) in [5, 5.41) is 2.95. The second-order valence-corrected chi connectivity index (χ2v) is 9.83. The van der Waals surface area contributed by atoms with Crippen LogP contribution in [-0.2, 0) is 46.2 Å². The van der Waals surface area contributed by atoms with Gasteiger partial charge in [0.05, 0.1) is 32.6 Å². The van der Waals surface area contributed by atoms with Gasteiger partial charge in [0.25, 0.3) is 5.56 Å². The van der Waals surface area contributed by atoms with Crippen LogP contribution >= 0.6 is 0 Å². The molecule has 2 atom stereocenters. The topological polar surface area (TPSA) is 213 Å². The number of benzene rings is 1. The van der Waals surface area contributed by atoms with Crippen molar-refractivity contribution >= 4 is 46.6 Å². The smallest absolute Gasteiger partial charge is 0.328 e. The summed E-state index contributed by atoms with van der Waals surface area (Å²) >= 11 is 0. The molecule has 0 aliphatic carbocycles. The fourth-order valence-corrected chi connectivity index (χ4v) is 4.59. The van der Waals surface area contributed by atoms with E-state index in [1.54, 1.807) is 30.5 Å². The zero-order valence-electron chi connectivity index (χ0n) is 24.2. The number of anilines is 1. The van der Waals surface area contributed by atoms with Crippen molar-refractivity contribution in [1.29, 1.82) is 0 Å². The summed E-state index contributed by atoms with van der Waals surface area (Å²) < 4.78 is 14.1. The predicted octanol–water partition coefficient (Wildman–Crippen LogP) is 1.37. The number of H-pyrrole nitrogens is 2. The third-order valence-corrected chi connectivity index (χ3v) is 6.97. The number of carbonyl (C=O) groups is 5. The molecule has 2 heterocycles. The van der Waals surface area contributed by atoms with Gasteiger partial charge in [0, 0.05) is 31.0 Å². The highest BCUT2D eigenvalue weighted by atomic mass is 16.5. The average molecular weight is 598 g/mol. The van der Waals surface area contributed by atoms with Gasteiger partial charge in [0.15, 0.2) is 5.78 Å². The van der Waals surface area contributed by atoms with Crippen LogP contribution in [0.4, 0.5) is 5.95 Å². The lowest BCUT2D eigenvalue weighted by Crippen LogP contribution is -2.42. The van der Waals surface area contributed by atoms with Gasteiger partial charge >= 0.3 is 17.9 Å². The third-order valence-electron chi connectivity index (χ3n) is 6.97. The zero-order chi connectivity index (χ0) is 31.5. The van der Waals surface area contributed by atoms with E-state index >= 15 is 0 Å². The van der Waals surface area contributed by atoms with E-state index in [1.807, 2.05) is 0 Å². The van der Waals surface area contributed by atoms with Crippen LogP contribution in [0.3, 0.4) is 0 Å². The number of nitrogen functional groups attached to an aromatic ring is 1. The summed E-state index contributed by atoms with van der Waals surface area (Å²) in [5.41, 5.74) is 7.79. The fraction of sp³-hybridized carbons (Fsp3) is 0.414. The maximum atomic E-state index is 13.0. The molecule has 1 amide bonds. The molecule has 0 saturated heterocycles. The molecule has 0 bridgehead atoms. The lowest BCUT2D eigenvalue weighted by molar-refractivity contribution is -0.148. The molecule has 2 aromatic heterocycles. The molecular weight excluding hydrogens is 562 g/mol. The first-order valence-electron chi connectivity index (χ1n) is 13.6. The van der Waals surface area contributed by atoms with E-state index in [4.69, 9.17) is 10.5 Å². The number of methoxy groups -OCH3 is 3. The molecule has 0 saturated carbocycles. The highest BCUT2D eigenvalue weighted by molar-refractivity contribution is 5.98. The van der Waals surface area contributed by atoms with Gasteiger partial charge in [-0.3, -0.25) is 29.0 Å². The number of carbonyl (C=O) groups excluding carboxylic acids is 5. The first-order valence-corrected chi connectivity index (χ1v) is 13.6.